The van der Waals surface area contributed by atoms with Gasteiger partial charge >= 0.3 is 30.0 Å². The van der Waals surface area contributed by atoms with Crippen LogP contribution in [0.3, 0.4) is 0 Å². The number of nitrogens with zero attached hydrogens (tertiary/aromatic N) is 2. The predicted molar refractivity (Wildman–Crippen MR) is 371 cm³/mol. The zero-order valence-electron chi connectivity index (χ0n) is 60.7. The van der Waals surface area contributed by atoms with Gasteiger partial charge in [-0.1, -0.05) is 58.8 Å². The van der Waals surface area contributed by atoms with E-state index in [1.165, 1.54) is 51.7 Å². The topological polar surface area (TPSA) is 322 Å². The number of carbonyl (C=O) groups is 8. The Balaban J connectivity index is 1.21. The Morgan fingerprint density at radius 1 is 0.606 bits per heavy atom. The molecule has 0 spiro atoms. The maximum absolute atomic E-state index is 15.0. The minimum Gasteiger partial charge on any atom is -0.493 e. The molecule has 29 heteroatoms. The van der Waals surface area contributed by atoms with Gasteiger partial charge in [-0.3, -0.25) is 34.1 Å². The molecule has 0 aliphatic carbocycles. The molecule has 4 amide bonds. The molecule has 6 rings (SSSR count). The highest BCUT2D eigenvalue weighted by molar-refractivity contribution is 6.74. The van der Waals surface area contributed by atoms with Gasteiger partial charge in [-0.05, 0) is 112 Å². The number of ether oxygens (including phenoxy) is 12. The van der Waals surface area contributed by atoms with Crippen molar-refractivity contribution in [3.05, 3.63) is 88.3 Å². The van der Waals surface area contributed by atoms with Gasteiger partial charge in [0.05, 0.1) is 88.8 Å². The average Bonchev–Trinajstić information content (AvgIpc) is 1.23. The van der Waals surface area contributed by atoms with Gasteiger partial charge in [0.25, 0.3) is 17.7 Å². The van der Waals surface area contributed by atoms with Gasteiger partial charge in [-0.15, -0.1) is 0 Å². The number of nitrogens with one attached hydrogen (secondary N) is 2. The van der Waals surface area contributed by atoms with Crippen molar-refractivity contribution in [2.75, 3.05) is 79.1 Å². The van der Waals surface area contributed by atoms with Crippen molar-refractivity contribution >= 4 is 75.7 Å². The standard InChI is InChI=1S/C70H101N5O22Si2/c1-41-29-47(39-91-98(16,17)69(6,7)8)74(36-41)64(80)49-32-55(85-13)57(34-52(49)71)88-26-21-20-22-27-89-58-35-53(50(33-56(58)86-14)65(81)75-37-42(2)30-48(75)40-92-99(18,19)70(9,10)11)73-68(83)90-38-46-23-24-54(51(31-46)63(79)72-25-28-84-12)96-67-62(95-45(5)78)60(94-44(4)77)59(93-43(3)76)61(97-67)66(82)87-15/h23-24,31-37,47-48,59-62,67H,20-22,25-30,38-40,71H2,1-19H3,(H,72,79)(H,73,83)/t47-,48-,59-,60-,61-,62+,67+/m0/s1. The van der Waals surface area contributed by atoms with Crippen molar-refractivity contribution in [1.82, 2.24) is 15.1 Å². The van der Waals surface area contributed by atoms with Crippen LogP contribution in [0.25, 0.3) is 0 Å². The first-order chi connectivity index (χ1) is 46.4. The Kier molecular flexibility index (Phi) is 28.0. The van der Waals surface area contributed by atoms with E-state index >= 15 is 0 Å². The number of rotatable bonds is 31. The molecule has 0 radical (unpaired) electrons. The Bertz CT molecular complexity index is 3470. The van der Waals surface area contributed by atoms with E-state index in [0.29, 0.717) is 50.2 Å². The van der Waals surface area contributed by atoms with Crippen molar-refractivity contribution in [1.29, 1.82) is 0 Å². The number of benzene rings is 3. The van der Waals surface area contributed by atoms with E-state index in [2.05, 4.69) is 78.4 Å². The molecule has 0 unspecified atom stereocenters. The minimum atomic E-state index is -2.26. The minimum absolute atomic E-state index is 0.00852. The molecule has 1 fully saturated rings. The van der Waals surface area contributed by atoms with Gasteiger partial charge in [0.15, 0.2) is 57.9 Å². The second-order valence-corrected chi connectivity index (χ2v) is 37.3. The summed E-state index contributed by atoms with van der Waals surface area (Å²) in [6, 6.07) is 9.74. The number of carbonyl (C=O) groups excluding carboxylic acids is 8. The molecule has 3 heterocycles. The molecule has 4 N–H and O–H groups in total. The van der Waals surface area contributed by atoms with Crippen LogP contribution in [0.15, 0.2) is 66.0 Å². The zero-order valence-corrected chi connectivity index (χ0v) is 62.7. The fourth-order valence-electron chi connectivity index (χ4n) is 10.6. The SMILES string of the molecule is COCCNC(=O)c1cc(COC(=O)Nc2cc(OCCCCCOc3cc(N)c(C(=O)N4C=C(C)C[C@H]4CO[Si](C)(C)C(C)(C)C)cc3OC)c(OC)cc2C(=O)N2C=C(C)C[C@H]2CO[Si](C)(C)C(C)(C)C)ccc1O[C@@H]1O[C@H](C(=O)OC)[C@@H](OC(C)=O)[C@H](OC(C)=O)[C@H]1OC(C)=O. The monoisotopic (exact) mass is 1420 g/mol. The smallest absolute Gasteiger partial charge is 0.411 e. The highest BCUT2D eigenvalue weighted by Gasteiger charge is 2.56. The number of hydrogen-bond acceptors (Lipinski definition) is 23. The second kappa shape index (κ2) is 34.7. The number of nitrogens with two attached hydrogens (primary N) is 1. The molecule has 0 bridgehead atoms. The number of unbranched alkanes of at least 4 members (excludes halogenated alkanes) is 2. The first kappa shape index (κ1) is 79.8. The van der Waals surface area contributed by atoms with Crippen molar-refractivity contribution in [2.45, 2.75) is 194 Å². The highest BCUT2D eigenvalue weighted by atomic mass is 28.4. The van der Waals surface area contributed by atoms with Crippen LogP contribution < -0.4 is 40.1 Å². The second-order valence-electron chi connectivity index (χ2n) is 27.7. The predicted octanol–water partition coefficient (Wildman–Crippen LogP) is 10.4. The van der Waals surface area contributed by atoms with Gasteiger partial charge in [0.1, 0.15) is 12.4 Å². The van der Waals surface area contributed by atoms with Gasteiger partial charge in [0.2, 0.25) is 12.4 Å². The Labute approximate surface area is 582 Å². The first-order valence-electron chi connectivity index (χ1n) is 32.9. The fourth-order valence-corrected chi connectivity index (χ4v) is 12.7. The Morgan fingerprint density at radius 2 is 1.11 bits per heavy atom. The molecule has 27 nitrogen and oxygen atoms in total. The maximum Gasteiger partial charge on any atom is 0.411 e. The third kappa shape index (κ3) is 21.2. The summed E-state index contributed by atoms with van der Waals surface area (Å²) in [6.07, 6.45) is -3.09. The normalized spacial score (nSPS) is 19.4. The molecule has 1 saturated heterocycles. The number of methoxy groups -OCH3 is 4. The summed E-state index contributed by atoms with van der Waals surface area (Å²) in [5, 5.41) is 5.35. The number of amides is 4. The summed E-state index contributed by atoms with van der Waals surface area (Å²) in [5.74, 6) is -4.35. The van der Waals surface area contributed by atoms with Gasteiger partial charge in [0, 0.05) is 64.6 Å². The first-order valence-corrected chi connectivity index (χ1v) is 38.7. The number of esters is 4. The van der Waals surface area contributed by atoms with Crippen LogP contribution in [-0.2, 0) is 67.8 Å². The number of hydrogen-bond donors (Lipinski definition) is 3. The molecule has 3 aliphatic heterocycles. The number of nitrogen functional groups attached to an aromatic ring is 1. The van der Waals surface area contributed by atoms with E-state index in [9.17, 15) is 38.4 Å². The maximum atomic E-state index is 15.0. The molecular formula is C70H101N5O22Si2. The lowest BCUT2D eigenvalue weighted by Crippen LogP contribution is -2.64. The van der Waals surface area contributed by atoms with Gasteiger partial charge in [-0.25, -0.2) is 9.59 Å². The van der Waals surface area contributed by atoms with Crippen molar-refractivity contribution in [3.63, 3.8) is 0 Å². The lowest BCUT2D eigenvalue weighted by molar-refractivity contribution is -0.282. The zero-order chi connectivity index (χ0) is 73.5. The third-order valence-electron chi connectivity index (χ3n) is 17.9. The molecule has 7 atom stereocenters. The van der Waals surface area contributed by atoms with E-state index in [-0.39, 0.29) is 112 Å². The molecule has 3 aromatic rings. The lowest BCUT2D eigenvalue weighted by Gasteiger charge is -2.43. The van der Waals surface area contributed by atoms with E-state index in [0.717, 1.165) is 39.0 Å². The summed E-state index contributed by atoms with van der Waals surface area (Å²) < 4.78 is 81.7. The molecule has 546 valence electrons. The van der Waals surface area contributed by atoms with E-state index in [1.807, 2.05) is 20.0 Å². The van der Waals surface area contributed by atoms with Crippen LogP contribution in [0, 0.1) is 0 Å². The van der Waals surface area contributed by atoms with Crippen LogP contribution >= 0.6 is 0 Å². The van der Waals surface area contributed by atoms with Crippen LogP contribution in [0.1, 0.15) is 145 Å². The molecule has 0 saturated carbocycles. The molecule has 3 aliphatic rings. The van der Waals surface area contributed by atoms with Crippen molar-refractivity contribution < 1.29 is 104 Å². The lowest BCUT2D eigenvalue weighted by atomic mass is 9.97. The molecule has 0 aromatic heterocycles. The van der Waals surface area contributed by atoms with Gasteiger partial charge < -0.3 is 86.5 Å². The molecule has 99 heavy (non-hydrogen) atoms. The van der Waals surface area contributed by atoms with E-state index in [4.69, 9.17) is 71.4 Å². The molecular weight excluding hydrogens is 1320 g/mol. The fraction of sp³-hybridized carbons (Fsp3) is 0.571. The highest BCUT2D eigenvalue weighted by Crippen LogP contribution is 2.42. The third-order valence-corrected chi connectivity index (χ3v) is 26.9. The Hall–Kier alpha value is -8.23. The van der Waals surface area contributed by atoms with E-state index in [1.54, 1.807) is 28.1 Å². The number of anilines is 2. The Morgan fingerprint density at radius 3 is 1.62 bits per heavy atom. The van der Waals surface area contributed by atoms with Crippen LogP contribution in [0.4, 0.5) is 16.2 Å². The summed E-state index contributed by atoms with van der Waals surface area (Å²) in [7, 11) is 1.06. The van der Waals surface area contributed by atoms with Crippen LogP contribution in [0.5, 0.6) is 28.7 Å². The van der Waals surface area contributed by atoms with Crippen LogP contribution in [0.2, 0.25) is 36.3 Å². The van der Waals surface area contributed by atoms with Gasteiger partial charge in [-0.2, -0.15) is 0 Å². The van der Waals surface area contributed by atoms with Crippen molar-refractivity contribution in [2.24, 2.45) is 0 Å². The summed E-state index contributed by atoms with van der Waals surface area (Å²) in [4.78, 5) is 111. The average molecular weight is 1420 g/mol. The van der Waals surface area contributed by atoms with E-state index < -0.39 is 95.7 Å². The van der Waals surface area contributed by atoms with Crippen LogP contribution in [-0.4, -0.2) is 185 Å². The summed E-state index contributed by atoms with van der Waals surface area (Å²) in [6.45, 7) is 29.4. The summed E-state index contributed by atoms with van der Waals surface area (Å²) in [5.41, 5.74) is 9.23. The quantitative estimate of drug-likeness (QED) is 0.0177. The largest absolute Gasteiger partial charge is 0.493 e. The molecule has 3 aromatic carbocycles. The summed E-state index contributed by atoms with van der Waals surface area (Å²) >= 11 is 0. The van der Waals surface area contributed by atoms with Crippen molar-refractivity contribution in [3.8, 4) is 28.7 Å².